The van der Waals surface area contributed by atoms with Crippen LogP contribution in [0, 0.1) is 12.7 Å². The Labute approximate surface area is 175 Å². The van der Waals surface area contributed by atoms with E-state index in [9.17, 15) is 9.18 Å². The maximum atomic E-state index is 13.1. The van der Waals surface area contributed by atoms with Crippen LogP contribution in [0.3, 0.4) is 0 Å². The van der Waals surface area contributed by atoms with Gasteiger partial charge in [0.1, 0.15) is 11.0 Å². The van der Waals surface area contributed by atoms with Gasteiger partial charge < -0.3 is 4.57 Å². The van der Waals surface area contributed by atoms with Crippen LogP contribution in [0.4, 0.5) is 4.39 Å². The summed E-state index contributed by atoms with van der Waals surface area (Å²) in [6.45, 7) is 1.79. The van der Waals surface area contributed by atoms with Gasteiger partial charge in [-0.1, -0.05) is 35.1 Å². The highest BCUT2D eigenvalue weighted by Crippen LogP contribution is 2.25. The molecule has 0 spiro atoms. The predicted octanol–water partition coefficient (Wildman–Crippen LogP) is 4.67. The SMILES string of the molecule is Cc1nn(-c2ccc(F)cc2)c(Cl)c1C=CC(=O)N=c1sc2ccccc2n1C. The smallest absolute Gasteiger partial charge is 0.272 e. The molecule has 0 bridgehead atoms. The first-order valence-corrected chi connectivity index (χ1v) is 9.96. The molecular formula is C21H16ClFN4OS. The molecule has 0 aliphatic rings. The number of para-hydroxylation sites is 1. The van der Waals surface area contributed by atoms with Crippen molar-refractivity contribution in [3.05, 3.63) is 81.6 Å². The summed E-state index contributed by atoms with van der Waals surface area (Å²) in [6, 6.07) is 13.7. The van der Waals surface area contributed by atoms with Gasteiger partial charge in [-0.2, -0.15) is 10.1 Å². The van der Waals surface area contributed by atoms with E-state index in [1.54, 1.807) is 25.1 Å². The fraction of sp³-hybridized carbons (Fsp3) is 0.0952. The summed E-state index contributed by atoms with van der Waals surface area (Å²) in [7, 11) is 1.88. The van der Waals surface area contributed by atoms with E-state index in [0.29, 0.717) is 26.9 Å². The quantitative estimate of drug-likeness (QED) is 0.447. The number of hydrogen-bond acceptors (Lipinski definition) is 3. The van der Waals surface area contributed by atoms with Crippen LogP contribution in [0.1, 0.15) is 11.3 Å². The zero-order valence-electron chi connectivity index (χ0n) is 15.6. The number of aryl methyl sites for hydroxylation is 2. The lowest BCUT2D eigenvalue weighted by molar-refractivity contribution is -0.113. The molecule has 1 amide bonds. The van der Waals surface area contributed by atoms with Crippen molar-refractivity contribution >= 4 is 45.1 Å². The van der Waals surface area contributed by atoms with Gasteiger partial charge in [0.2, 0.25) is 0 Å². The molecule has 0 N–H and O–H groups in total. The van der Waals surface area contributed by atoms with E-state index in [-0.39, 0.29) is 5.82 Å². The molecule has 0 saturated carbocycles. The number of hydrogen-bond donors (Lipinski definition) is 0. The summed E-state index contributed by atoms with van der Waals surface area (Å²) in [6.07, 6.45) is 2.97. The third kappa shape index (κ3) is 3.79. The number of thiazole rings is 1. The Balaban J connectivity index is 1.64. The molecule has 0 unspecified atom stereocenters. The fourth-order valence-corrected chi connectivity index (χ4v) is 4.29. The van der Waals surface area contributed by atoms with Crippen molar-refractivity contribution in [1.82, 2.24) is 14.3 Å². The van der Waals surface area contributed by atoms with Gasteiger partial charge in [0, 0.05) is 18.7 Å². The van der Waals surface area contributed by atoms with Crippen molar-refractivity contribution in [1.29, 1.82) is 0 Å². The summed E-state index contributed by atoms with van der Waals surface area (Å²) in [4.78, 5) is 17.2. The van der Waals surface area contributed by atoms with Gasteiger partial charge in [0.05, 0.1) is 21.6 Å². The molecule has 5 nitrogen and oxygen atoms in total. The van der Waals surface area contributed by atoms with Crippen LogP contribution in [0.5, 0.6) is 0 Å². The number of carbonyl (C=O) groups excluding carboxylic acids is 1. The van der Waals surface area contributed by atoms with Crippen LogP contribution < -0.4 is 4.80 Å². The van der Waals surface area contributed by atoms with Gasteiger partial charge in [-0.25, -0.2) is 9.07 Å². The Bertz CT molecular complexity index is 1310. The topological polar surface area (TPSA) is 52.2 Å². The van der Waals surface area contributed by atoms with Crippen molar-refractivity contribution in [2.45, 2.75) is 6.92 Å². The summed E-state index contributed by atoms with van der Waals surface area (Å²) >= 11 is 7.89. The van der Waals surface area contributed by atoms with Crippen molar-refractivity contribution in [2.24, 2.45) is 12.0 Å². The maximum absolute atomic E-state index is 13.1. The van der Waals surface area contributed by atoms with Gasteiger partial charge in [-0.15, -0.1) is 0 Å². The van der Waals surface area contributed by atoms with Crippen LogP contribution in [-0.4, -0.2) is 20.3 Å². The zero-order chi connectivity index (χ0) is 20.5. The molecular weight excluding hydrogens is 411 g/mol. The van der Waals surface area contributed by atoms with Crippen LogP contribution in [0.15, 0.2) is 59.6 Å². The van der Waals surface area contributed by atoms with Crippen LogP contribution >= 0.6 is 22.9 Å². The second-order valence-electron chi connectivity index (χ2n) is 6.37. The highest BCUT2D eigenvalue weighted by Gasteiger charge is 2.13. The molecule has 2 aromatic carbocycles. The third-order valence-corrected chi connectivity index (χ3v) is 5.91. The minimum atomic E-state index is -0.392. The molecule has 4 aromatic rings. The van der Waals surface area contributed by atoms with Crippen molar-refractivity contribution in [2.75, 3.05) is 0 Å². The Kier molecular flexibility index (Phi) is 5.17. The molecule has 4 rings (SSSR count). The lowest BCUT2D eigenvalue weighted by Gasteiger charge is -2.02. The van der Waals surface area contributed by atoms with E-state index >= 15 is 0 Å². The summed E-state index contributed by atoms with van der Waals surface area (Å²) in [5.41, 5.74) is 2.91. The maximum Gasteiger partial charge on any atom is 0.272 e. The summed E-state index contributed by atoms with van der Waals surface area (Å²) in [5.74, 6) is -0.729. The highest BCUT2D eigenvalue weighted by molar-refractivity contribution is 7.16. The van der Waals surface area contributed by atoms with E-state index in [2.05, 4.69) is 10.1 Å². The van der Waals surface area contributed by atoms with Gasteiger partial charge in [0.15, 0.2) is 4.80 Å². The average Bonchev–Trinajstić information content (AvgIpc) is 3.17. The van der Waals surface area contributed by atoms with Crippen molar-refractivity contribution < 1.29 is 9.18 Å². The molecule has 2 heterocycles. The van der Waals surface area contributed by atoms with Crippen molar-refractivity contribution in [3.8, 4) is 5.69 Å². The molecule has 0 fully saturated rings. The Morgan fingerprint density at radius 1 is 1.21 bits per heavy atom. The van der Waals surface area contributed by atoms with E-state index in [1.165, 1.54) is 34.2 Å². The minimum Gasteiger partial charge on any atom is -0.319 e. The second-order valence-corrected chi connectivity index (χ2v) is 7.74. The molecule has 0 radical (unpaired) electrons. The van der Waals surface area contributed by atoms with Crippen LogP contribution in [0.25, 0.3) is 22.0 Å². The zero-order valence-corrected chi connectivity index (χ0v) is 17.2. The first-order valence-electron chi connectivity index (χ1n) is 8.76. The number of benzene rings is 2. The molecule has 146 valence electrons. The molecule has 2 aromatic heterocycles. The van der Waals surface area contributed by atoms with E-state index in [0.717, 1.165) is 10.2 Å². The standard InChI is InChI=1S/C21H16ClFN4OS/c1-13-16(20(22)27(25-13)15-9-7-14(23)8-10-15)11-12-19(28)24-21-26(2)17-5-3-4-6-18(17)29-21/h3-12H,1-2H3. The first-order chi connectivity index (χ1) is 13.9. The van der Waals surface area contributed by atoms with Crippen molar-refractivity contribution in [3.63, 3.8) is 0 Å². The van der Waals surface area contributed by atoms with E-state index in [1.807, 2.05) is 35.9 Å². The third-order valence-electron chi connectivity index (χ3n) is 4.43. The Morgan fingerprint density at radius 2 is 1.93 bits per heavy atom. The largest absolute Gasteiger partial charge is 0.319 e. The molecule has 0 saturated heterocycles. The van der Waals surface area contributed by atoms with Crippen LogP contribution in [-0.2, 0) is 11.8 Å². The second kappa shape index (κ2) is 7.77. The number of aromatic nitrogens is 3. The number of fused-ring (bicyclic) bond motifs is 1. The monoisotopic (exact) mass is 426 g/mol. The first kappa shape index (κ1) is 19.3. The molecule has 0 aliphatic carbocycles. The summed E-state index contributed by atoms with van der Waals surface area (Å²) in [5, 5.41) is 4.72. The van der Waals surface area contributed by atoms with Gasteiger partial charge in [-0.3, -0.25) is 4.79 Å². The number of carbonyl (C=O) groups is 1. The van der Waals surface area contributed by atoms with Gasteiger partial charge >= 0.3 is 0 Å². The average molecular weight is 427 g/mol. The normalized spacial score (nSPS) is 12.3. The number of rotatable bonds is 3. The Hall–Kier alpha value is -3.03. The summed E-state index contributed by atoms with van der Waals surface area (Å²) < 4.78 is 17.6. The molecule has 0 atom stereocenters. The highest BCUT2D eigenvalue weighted by atomic mass is 35.5. The Morgan fingerprint density at radius 3 is 2.66 bits per heavy atom. The van der Waals surface area contributed by atoms with Gasteiger partial charge in [-0.05, 0) is 49.4 Å². The van der Waals surface area contributed by atoms with Crippen LogP contribution in [0.2, 0.25) is 5.15 Å². The fourth-order valence-electron chi connectivity index (χ4n) is 2.93. The predicted molar refractivity (Wildman–Crippen MR) is 114 cm³/mol. The molecule has 29 heavy (non-hydrogen) atoms. The number of nitrogens with zero attached hydrogens (tertiary/aromatic N) is 4. The number of amides is 1. The lowest BCUT2D eigenvalue weighted by Crippen LogP contribution is -2.12. The minimum absolute atomic E-state index is 0.338. The van der Waals surface area contributed by atoms with E-state index < -0.39 is 5.91 Å². The van der Waals surface area contributed by atoms with E-state index in [4.69, 9.17) is 11.6 Å². The molecule has 0 aliphatic heterocycles. The van der Waals surface area contributed by atoms with Gasteiger partial charge in [0.25, 0.3) is 5.91 Å². The molecule has 8 heteroatoms. The number of halogens is 2. The lowest BCUT2D eigenvalue weighted by atomic mass is 10.2.